The van der Waals surface area contributed by atoms with Gasteiger partial charge in [-0.3, -0.25) is 4.98 Å². The first-order chi connectivity index (χ1) is 12.1. The molecular weight excluding hydrogens is 320 g/mol. The van der Waals surface area contributed by atoms with Gasteiger partial charge in [0, 0.05) is 24.5 Å². The van der Waals surface area contributed by atoms with Crippen LogP contribution in [0, 0.1) is 0 Å². The van der Waals surface area contributed by atoms with E-state index >= 15 is 0 Å². The van der Waals surface area contributed by atoms with E-state index in [4.69, 9.17) is 9.15 Å². The van der Waals surface area contributed by atoms with Gasteiger partial charge in [-0.2, -0.15) is 0 Å². The standard InChI is InChI=1S/C18H20N4O3/c1-12(2)24-10-9-20-18(23)21-13-6-7-14-16(11-13)25-17(22-14)15-5-3-4-8-19-15/h3-8,11-12H,9-10H2,1-2H3,(H2,20,21,23). The first-order valence-electron chi connectivity index (χ1n) is 8.10. The van der Waals surface area contributed by atoms with E-state index in [1.165, 1.54) is 0 Å². The highest BCUT2D eigenvalue weighted by Crippen LogP contribution is 2.25. The number of amides is 2. The Morgan fingerprint density at radius 2 is 2.16 bits per heavy atom. The van der Waals surface area contributed by atoms with Crippen molar-refractivity contribution in [1.29, 1.82) is 0 Å². The Morgan fingerprint density at radius 3 is 2.92 bits per heavy atom. The fourth-order valence-electron chi connectivity index (χ4n) is 2.24. The monoisotopic (exact) mass is 340 g/mol. The molecular formula is C18H20N4O3. The van der Waals surface area contributed by atoms with Crippen molar-refractivity contribution in [3.63, 3.8) is 0 Å². The van der Waals surface area contributed by atoms with Crippen molar-refractivity contribution >= 4 is 22.8 Å². The van der Waals surface area contributed by atoms with Crippen LogP contribution in [0.5, 0.6) is 0 Å². The van der Waals surface area contributed by atoms with Crippen LogP contribution >= 0.6 is 0 Å². The number of nitrogens with one attached hydrogen (secondary N) is 2. The van der Waals surface area contributed by atoms with E-state index in [0.717, 1.165) is 0 Å². The van der Waals surface area contributed by atoms with Gasteiger partial charge in [0.05, 0.1) is 12.7 Å². The third-order valence-corrected chi connectivity index (χ3v) is 3.37. The van der Waals surface area contributed by atoms with Crippen molar-refractivity contribution in [2.24, 2.45) is 0 Å². The SMILES string of the molecule is CC(C)OCCNC(=O)Nc1ccc2nc(-c3ccccn3)oc2c1. The summed E-state index contributed by atoms with van der Waals surface area (Å²) in [5.41, 5.74) is 2.58. The Labute approximate surface area is 145 Å². The number of hydrogen-bond donors (Lipinski definition) is 2. The normalized spacial score (nSPS) is 11.0. The van der Waals surface area contributed by atoms with Crippen LogP contribution in [-0.4, -0.2) is 35.3 Å². The quantitative estimate of drug-likeness (QED) is 0.671. The topological polar surface area (TPSA) is 89.3 Å². The minimum absolute atomic E-state index is 0.145. The second-order valence-electron chi connectivity index (χ2n) is 5.72. The number of urea groups is 1. The molecule has 0 aliphatic rings. The maximum Gasteiger partial charge on any atom is 0.319 e. The Hall–Kier alpha value is -2.93. The zero-order valence-electron chi connectivity index (χ0n) is 14.2. The smallest absolute Gasteiger partial charge is 0.319 e. The van der Waals surface area contributed by atoms with E-state index in [1.54, 1.807) is 24.4 Å². The average molecular weight is 340 g/mol. The van der Waals surface area contributed by atoms with Gasteiger partial charge in [-0.15, -0.1) is 0 Å². The van der Waals surface area contributed by atoms with Gasteiger partial charge in [-0.1, -0.05) is 6.07 Å². The van der Waals surface area contributed by atoms with Gasteiger partial charge in [0.25, 0.3) is 0 Å². The van der Waals surface area contributed by atoms with E-state index < -0.39 is 0 Å². The third-order valence-electron chi connectivity index (χ3n) is 3.37. The number of carbonyl (C=O) groups is 1. The van der Waals surface area contributed by atoms with Crippen molar-refractivity contribution in [1.82, 2.24) is 15.3 Å². The number of nitrogens with zero attached hydrogens (tertiary/aromatic N) is 2. The summed E-state index contributed by atoms with van der Waals surface area (Å²) in [6.45, 7) is 4.82. The molecule has 0 spiro atoms. The molecule has 0 radical (unpaired) electrons. The van der Waals surface area contributed by atoms with Gasteiger partial charge < -0.3 is 19.8 Å². The first kappa shape index (κ1) is 16.9. The van der Waals surface area contributed by atoms with Crippen molar-refractivity contribution in [3.05, 3.63) is 42.6 Å². The number of pyridine rings is 1. The van der Waals surface area contributed by atoms with Gasteiger partial charge >= 0.3 is 6.03 Å². The van der Waals surface area contributed by atoms with Crippen molar-refractivity contribution in [2.75, 3.05) is 18.5 Å². The van der Waals surface area contributed by atoms with Gasteiger partial charge in [-0.05, 0) is 38.1 Å². The number of benzene rings is 1. The number of carbonyl (C=O) groups excluding carboxylic acids is 1. The summed E-state index contributed by atoms with van der Waals surface area (Å²) < 4.78 is 11.1. The number of rotatable bonds is 6. The predicted molar refractivity (Wildman–Crippen MR) is 95.3 cm³/mol. The number of fused-ring (bicyclic) bond motifs is 1. The summed E-state index contributed by atoms with van der Waals surface area (Å²) in [4.78, 5) is 20.5. The molecule has 2 aromatic heterocycles. The molecule has 2 N–H and O–H groups in total. The van der Waals surface area contributed by atoms with E-state index in [-0.39, 0.29) is 12.1 Å². The average Bonchev–Trinajstić information content (AvgIpc) is 3.03. The zero-order chi connectivity index (χ0) is 17.6. The van der Waals surface area contributed by atoms with Gasteiger partial charge in [0.2, 0.25) is 5.89 Å². The van der Waals surface area contributed by atoms with Gasteiger partial charge in [0.1, 0.15) is 11.2 Å². The molecule has 25 heavy (non-hydrogen) atoms. The Balaban J connectivity index is 1.64. The summed E-state index contributed by atoms with van der Waals surface area (Å²) in [6, 6.07) is 10.5. The lowest BCUT2D eigenvalue weighted by Crippen LogP contribution is -2.32. The molecule has 7 nitrogen and oxygen atoms in total. The number of ether oxygens (including phenoxy) is 1. The first-order valence-corrected chi connectivity index (χ1v) is 8.10. The van der Waals surface area contributed by atoms with Crippen LogP contribution in [0.15, 0.2) is 47.0 Å². The maximum atomic E-state index is 11.9. The summed E-state index contributed by atoms with van der Waals surface area (Å²) >= 11 is 0. The van der Waals surface area contributed by atoms with E-state index in [9.17, 15) is 4.79 Å². The number of oxazole rings is 1. The molecule has 0 saturated heterocycles. The molecule has 1 aromatic carbocycles. The molecule has 3 aromatic rings. The molecule has 3 rings (SSSR count). The summed E-state index contributed by atoms with van der Waals surface area (Å²) in [5.74, 6) is 0.447. The zero-order valence-corrected chi connectivity index (χ0v) is 14.2. The predicted octanol–water partition coefficient (Wildman–Crippen LogP) is 3.44. The second-order valence-corrected chi connectivity index (χ2v) is 5.72. The third kappa shape index (κ3) is 4.54. The molecule has 7 heteroatoms. The van der Waals surface area contributed by atoms with Crippen LogP contribution < -0.4 is 10.6 Å². The van der Waals surface area contributed by atoms with Gasteiger partial charge in [0.15, 0.2) is 5.58 Å². The lowest BCUT2D eigenvalue weighted by Gasteiger charge is -2.09. The summed E-state index contributed by atoms with van der Waals surface area (Å²) in [6.07, 6.45) is 1.83. The molecule has 2 amide bonds. The molecule has 2 heterocycles. The lowest BCUT2D eigenvalue weighted by molar-refractivity contribution is 0.0820. The molecule has 0 aliphatic heterocycles. The van der Waals surface area contributed by atoms with Crippen molar-refractivity contribution < 1.29 is 13.9 Å². The molecule has 0 aliphatic carbocycles. The van der Waals surface area contributed by atoms with Crippen LogP contribution in [0.3, 0.4) is 0 Å². The van der Waals surface area contributed by atoms with E-state index in [1.807, 2.05) is 32.0 Å². The second kappa shape index (κ2) is 7.76. The van der Waals surface area contributed by atoms with Crippen molar-refractivity contribution in [2.45, 2.75) is 20.0 Å². The fourth-order valence-corrected chi connectivity index (χ4v) is 2.24. The molecule has 0 fully saturated rings. The van der Waals surface area contributed by atoms with Crippen LogP contribution in [0.25, 0.3) is 22.7 Å². The molecule has 0 unspecified atom stereocenters. The fraction of sp³-hybridized carbons (Fsp3) is 0.278. The van der Waals surface area contributed by atoms with Crippen molar-refractivity contribution in [3.8, 4) is 11.6 Å². The molecule has 0 bridgehead atoms. The van der Waals surface area contributed by atoms with Crippen LogP contribution in [0.1, 0.15) is 13.8 Å². The maximum absolute atomic E-state index is 11.9. The van der Waals surface area contributed by atoms with Crippen LogP contribution in [-0.2, 0) is 4.74 Å². The minimum atomic E-state index is -0.295. The highest BCUT2D eigenvalue weighted by Gasteiger charge is 2.10. The summed E-state index contributed by atoms with van der Waals surface area (Å²) in [7, 11) is 0. The van der Waals surface area contributed by atoms with E-state index in [2.05, 4.69) is 20.6 Å². The van der Waals surface area contributed by atoms with Crippen LogP contribution in [0.4, 0.5) is 10.5 Å². The number of hydrogen-bond acceptors (Lipinski definition) is 5. The Bertz CT molecular complexity index is 846. The highest BCUT2D eigenvalue weighted by molar-refractivity contribution is 5.91. The minimum Gasteiger partial charge on any atom is -0.435 e. The Morgan fingerprint density at radius 1 is 1.28 bits per heavy atom. The highest BCUT2D eigenvalue weighted by atomic mass is 16.5. The van der Waals surface area contributed by atoms with E-state index in [0.29, 0.717) is 41.5 Å². The number of anilines is 1. The molecule has 130 valence electrons. The molecule has 0 atom stereocenters. The lowest BCUT2D eigenvalue weighted by atomic mass is 10.3. The molecule has 0 saturated carbocycles. The Kier molecular flexibility index (Phi) is 5.25. The largest absolute Gasteiger partial charge is 0.435 e. The van der Waals surface area contributed by atoms with Crippen LogP contribution in [0.2, 0.25) is 0 Å². The summed E-state index contributed by atoms with van der Waals surface area (Å²) in [5, 5.41) is 5.50. The van der Waals surface area contributed by atoms with Gasteiger partial charge in [-0.25, -0.2) is 9.78 Å². The number of aromatic nitrogens is 2.